The van der Waals surface area contributed by atoms with Gasteiger partial charge in [-0.2, -0.15) is 0 Å². The Balaban J connectivity index is 1.96. The summed E-state index contributed by atoms with van der Waals surface area (Å²) in [6.07, 6.45) is 0.708. The number of hydrogen-bond acceptors (Lipinski definition) is 3. The molecule has 0 saturated carbocycles. The fourth-order valence-corrected chi connectivity index (χ4v) is 2.15. The van der Waals surface area contributed by atoms with Crippen molar-refractivity contribution in [2.45, 2.75) is 13.3 Å². The van der Waals surface area contributed by atoms with Gasteiger partial charge in [-0.25, -0.2) is 9.97 Å². The molecule has 2 aromatic heterocycles. The van der Waals surface area contributed by atoms with Crippen LogP contribution in [0.3, 0.4) is 0 Å². The molecule has 4 nitrogen and oxygen atoms in total. The number of pyridine rings is 1. The predicted molar refractivity (Wildman–Crippen MR) is 74.4 cm³/mol. The third-order valence-corrected chi connectivity index (χ3v) is 3.08. The normalized spacial score (nSPS) is 10.8. The monoisotopic (exact) mass is 253 g/mol. The van der Waals surface area contributed by atoms with E-state index < -0.39 is 0 Å². The number of nitrogens with zero attached hydrogens (tertiary/aromatic N) is 2. The van der Waals surface area contributed by atoms with Crippen molar-refractivity contribution in [3.63, 3.8) is 0 Å². The molecule has 0 aliphatic rings. The van der Waals surface area contributed by atoms with Crippen LogP contribution in [0.2, 0.25) is 0 Å². The van der Waals surface area contributed by atoms with E-state index in [1.165, 1.54) is 0 Å². The molecule has 0 saturated heterocycles. The Labute approximate surface area is 111 Å². The van der Waals surface area contributed by atoms with Crippen LogP contribution in [0.4, 0.5) is 0 Å². The van der Waals surface area contributed by atoms with E-state index in [0.717, 1.165) is 34.0 Å². The van der Waals surface area contributed by atoms with Gasteiger partial charge in [-0.1, -0.05) is 18.2 Å². The average Bonchev–Trinajstić information content (AvgIpc) is 2.80. The van der Waals surface area contributed by atoms with Crippen LogP contribution in [0.1, 0.15) is 17.1 Å². The maximum Gasteiger partial charge on any atom is 0.177 e. The largest absolute Gasteiger partial charge is 0.496 e. The van der Waals surface area contributed by atoms with Crippen molar-refractivity contribution >= 4 is 11.2 Å². The minimum absolute atomic E-state index is 0.708. The summed E-state index contributed by atoms with van der Waals surface area (Å²) < 4.78 is 5.35. The number of fused-ring (bicyclic) bond motifs is 1. The summed E-state index contributed by atoms with van der Waals surface area (Å²) >= 11 is 0. The van der Waals surface area contributed by atoms with Gasteiger partial charge in [-0.15, -0.1) is 0 Å². The Morgan fingerprint density at radius 2 is 1.95 bits per heavy atom. The summed E-state index contributed by atoms with van der Waals surface area (Å²) in [6, 6.07) is 12.0. The second-order valence-electron chi connectivity index (χ2n) is 4.50. The topological polar surface area (TPSA) is 50.8 Å². The second kappa shape index (κ2) is 4.72. The summed E-state index contributed by atoms with van der Waals surface area (Å²) in [5.74, 6) is 1.78. The summed E-state index contributed by atoms with van der Waals surface area (Å²) in [6.45, 7) is 1.97. The van der Waals surface area contributed by atoms with Gasteiger partial charge in [0.05, 0.1) is 12.6 Å². The molecule has 96 valence electrons. The third kappa shape index (κ3) is 2.29. The number of rotatable bonds is 3. The Morgan fingerprint density at radius 3 is 2.79 bits per heavy atom. The lowest BCUT2D eigenvalue weighted by atomic mass is 10.1. The maximum absolute atomic E-state index is 5.35. The molecule has 0 spiro atoms. The first kappa shape index (κ1) is 11.7. The van der Waals surface area contributed by atoms with E-state index in [2.05, 4.69) is 15.0 Å². The number of imidazole rings is 1. The van der Waals surface area contributed by atoms with Crippen LogP contribution in [0.5, 0.6) is 5.75 Å². The number of ether oxygens (including phenoxy) is 1. The van der Waals surface area contributed by atoms with Crippen molar-refractivity contribution < 1.29 is 4.74 Å². The SMILES string of the molecule is COc1ccccc1Cc1nc2nc(C)ccc2[nH]1. The summed E-state index contributed by atoms with van der Waals surface area (Å²) in [5, 5.41) is 0. The molecule has 0 radical (unpaired) electrons. The van der Waals surface area contributed by atoms with Gasteiger partial charge in [0.25, 0.3) is 0 Å². The zero-order valence-corrected chi connectivity index (χ0v) is 11.0. The number of aromatic amines is 1. The zero-order valence-electron chi connectivity index (χ0n) is 11.0. The second-order valence-corrected chi connectivity index (χ2v) is 4.50. The van der Waals surface area contributed by atoms with Gasteiger partial charge in [0.15, 0.2) is 5.65 Å². The van der Waals surface area contributed by atoms with Crippen molar-refractivity contribution in [3.8, 4) is 5.75 Å². The van der Waals surface area contributed by atoms with E-state index in [-0.39, 0.29) is 0 Å². The van der Waals surface area contributed by atoms with Gasteiger partial charge in [0, 0.05) is 17.7 Å². The minimum atomic E-state index is 0.708. The number of aryl methyl sites for hydroxylation is 1. The van der Waals surface area contributed by atoms with E-state index in [4.69, 9.17) is 4.74 Å². The lowest BCUT2D eigenvalue weighted by Crippen LogP contribution is -1.95. The molecule has 0 amide bonds. The molecule has 3 rings (SSSR count). The van der Waals surface area contributed by atoms with Crippen LogP contribution >= 0.6 is 0 Å². The molecular formula is C15H15N3O. The average molecular weight is 253 g/mol. The Kier molecular flexibility index (Phi) is 2.91. The number of H-pyrrole nitrogens is 1. The molecule has 3 aromatic rings. The minimum Gasteiger partial charge on any atom is -0.496 e. The molecule has 0 unspecified atom stereocenters. The molecule has 1 N–H and O–H groups in total. The van der Waals surface area contributed by atoms with Crippen molar-refractivity contribution in [1.29, 1.82) is 0 Å². The van der Waals surface area contributed by atoms with E-state index in [9.17, 15) is 0 Å². The zero-order chi connectivity index (χ0) is 13.2. The number of aromatic nitrogens is 3. The molecule has 0 atom stereocenters. The summed E-state index contributed by atoms with van der Waals surface area (Å²) in [5.41, 5.74) is 3.82. The van der Waals surface area contributed by atoms with Crippen LogP contribution in [-0.4, -0.2) is 22.1 Å². The predicted octanol–water partition coefficient (Wildman–Crippen LogP) is 2.87. The van der Waals surface area contributed by atoms with Crippen LogP contribution in [0, 0.1) is 6.92 Å². The van der Waals surface area contributed by atoms with Gasteiger partial charge in [-0.3, -0.25) is 0 Å². The van der Waals surface area contributed by atoms with Crippen molar-refractivity contribution in [1.82, 2.24) is 15.0 Å². The molecule has 0 fully saturated rings. The molecule has 19 heavy (non-hydrogen) atoms. The van der Waals surface area contributed by atoms with Crippen LogP contribution < -0.4 is 4.74 Å². The molecular weight excluding hydrogens is 238 g/mol. The Bertz CT molecular complexity index is 718. The van der Waals surface area contributed by atoms with Gasteiger partial charge >= 0.3 is 0 Å². The smallest absolute Gasteiger partial charge is 0.177 e. The molecule has 0 aliphatic carbocycles. The van der Waals surface area contributed by atoms with Gasteiger partial charge in [0.2, 0.25) is 0 Å². The number of benzene rings is 1. The molecule has 0 bridgehead atoms. The first-order chi connectivity index (χ1) is 9.26. The van der Waals surface area contributed by atoms with Crippen molar-refractivity contribution in [2.24, 2.45) is 0 Å². The lowest BCUT2D eigenvalue weighted by Gasteiger charge is -2.05. The highest BCUT2D eigenvalue weighted by Crippen LogP contribution is 2.20. The summed E-state index contributed by atoms with van der Waals surface area (Å²) in [4.78, 5) is 12.2. The molecule has 1 aromatic carbocycles. The van der Waals surface area contributed by atoms with Gasteiger partial charge in [0.1, 0.15) is 11.6 Å². The molecule has 4 heteroatoms. The quantitative estimate of drug-likeness (QED) is 0.780. The van der Waals surface area contributed by atoms with Crippen molar-refractivity contribution in [2.75, 3.05) is 7.11 Å². The highest BCUT2D eigenvalue weighted by atomic mass is 16.5. The first-order valence-electron chi connectivity index (χ1n) is 6.20. The number of methoxy groups -OCH3 is 1. The van der Waals surface area contributed by atoms with E-state index in [1.54, 1.807) is 7.11 Å². The van der Waals surface area contributed by atoms with E-state index in [1.807, 2.05) is 43.3 Å². The Morgan fingerprint density at radius 1 is 1.11 bits per heavy atom. The van der Waals surface area contributed by atoms with Crippen molar-refractivity contribution in [3.05, 3.63) is 53.5 Å². The maximum atomic E-state index is 5.35. The lowest BCUT2D eigenvalue weighted by molar-refractivity contribution is 0.410. The number of para-hydroxylation sites is 1. The van der Waals surface area contributed by atoms with E-state index in [0.29, 0.717) is 6.42 Å². The standard InChI is InChI=1S/C15H15N3O/c1-10-7-8-12-15(16-10)18-14(17-12)9-11-5-3-4-6-13(11)19-2/h3-8H,9H2,1-2H3,(H,16,17,18). The van der Waals surface area contributed by atoms with Crippen LogP contribution in [0.25, 0.3) is 11.2 Å². The van der Waals surface area contributed by atoms with E-state index >= 15 is 0 Å². The van der Waals surface area contributed by atoms with Gasteiger partial charge < -0.3 is 9.72 Å². The number of hydrogen-bond donors (Lipinski definition) is 1. The fraction of sp³-hybridized carbons (Fsp3) is 0.200. The van der Waals surface area contributed by atoms with Crippen LogP contribution in [0.15, 0.2) is 36.4 Å². The first-order valence-corrected chi connectivity index (χ1v) is 6.20. The summed E-state index contributed by atoms with van der Waals surface area (Å²) in [7, 11) is 1.68. The Hall–Kier alpha value is -2.36. The fourth-order valence-electron chi connectivity index (χ4n) is 2.15. The highest BCUT2D eigenvalue weighted by Gasteiger charge is 2.08. The van der Waals surface area contributed by atoms with Crippen LogP contribution in [-0.2, 0) is 6.42 Å². The highest BCUT2D eigenvalue weighted by molar-refractivity contribution is 5.70. The third-order valence-electron chi connectivity index (χ3n) is 3.08. The van der Waals surface area contributed by atoms with Gasteiger partial charge in [-0.05, 0) is 25.1 Å². The molecule has 2 heterocycles. The number of nitrogens with one attached hydrogen (secondary N) is 1. The molecule has 0 aliphatic heterocycles.